The number of phenolic OH excluding ortho intramolecular Hbond substituents is 1. The first-order chi connectivity index (χ1) is 9.60. The summed E-state index contributed by atoms with van der Waals surface area (Å²) in [6.45, 7) is 3.70. The van der Waals surface area contributed by atoms with Crippen LogP contribution in [-0.4, -0.2) is 60.6 Å². The number of amides is 1. The molecule has 0 bridgehead atoms. The molecule has 0 saturated carbocycles. The van der Waals surface area contributed by atoms with Crippen molar-refractivity contribution in [3.05, 3.63) is 29.8 Å². The molecular formula is C15H23N3O2. The van der Waals surface area contributed by atoms with E-state index in [1.807, 2.05) is 11.0 Å². The maximum Gasteiger partial charge on any atom is 0.227 e. The normalized spacial score (nSPS) is 18.0. The molecule has 1 aliphatic heterocycles. The second-order valence-electron chi connectivity index (χ2n) is 5.44. The lowest BCUT2D eigenvalue weighted by atomic mass is 9.97. The maximum atomic E-state index is 12.5. The lowest BCUT2D eigenvalue weighted by Crippen LogP contribution is -2.50. The summed E-state index contributed by atoms with van der Waals surface area (Å²) < 4.78 is 0. The summed E-state index contributed by atoms with van der Waals surface area (Å²) in [4.78, 5) is 16.6. The van der Waals surface area contributed by atoms with Crippen molar-refractivity contribution < 1.29 is 9.90 Å². The van der Waals surface area contributed by atoms with E-state index in [1.54, 1.807) is 18.2 Å². The number of carbonyl (C=O) groups excluding carboxylic acids is 1. The molecule has 0 spiro atoms. The Hall–Kier alpha value is -1.59. The van der Waals surface area contributed by atoms with Crippen LogP contribution in [0.3, 0.4) is 0 Å². The van der Waals surface area contributed by atoms with Crippen LogP contribution in [-0.2, 0) is 11.2 Å². The molecule has 1 aromatic rings. The van der Waals surface area contributed by atoms with Gasteiger partial charge in [-0.1, -0.05) is 12.1 Å². The van der Waals surface area contributed by atoms with E-state index in [9.17, 15) is 9.90 Å². The van der Waals surface area contributed by atoms with Crippen LogP contribution in [0, 0.1) is 5.92 Å². The third-order valence-corrected chi connectivity index (χ3v) is 3.84. The molecule has 1 aliphatic rings. The number of nitrogens with zero attached hydrogens (tertiary/aromatic N) is 2. The van der Waals surface area contributed by atoms with Gasteiger partial charge in [-0.15, -0.1) is 0 Å². The zero-order valence-electron chi connectivity index (χ0n) is 12.0. The summed E-state index contributed by atoms with van der Waals surface area (Å²) in [7, 11) is 2.06. The summed E-state index contributed by atoms with van der Waals surface area (Å²) in [5.74, 6) is 0.148. The molecule has 1 saturated heterocycles. The van der Waals surface area contributed by atoms with Crippen LogP contribution >= 0.6 is 0 Å². The number of benzene rings is 1. The molecule has 1 heterocycles. The van der Waals surface area contributed by atoms with Gasteiger partial charge in [-0.3, -0.25) is 4.79 Å². The number of piperazine rings is 1. The number of likely N-dealkylation sites (N-methyl/N-ethyl adjacent to an activating group) is 1. The zero-order chi connectivity index (χ0) is 14.5. The molecule has 1 atom stereocenters. The standard InChI is InChI=1S/C15H23N3O2/c1-17-5-7-18(8-6-17)15(20)13(11-16)9-12-3-2-4-14(19)10-12/h2-4,10,13,19H,5-9,11,16H2,1H3. The van der Waals surface area contributed by atoms with Gasteiger partial charge in [0.1, 0.15) is 5.75 Å². The van der Waals surface area contributed by atoms with Gasteiger partial charge in [-0.2, -0.15) is 0 Å². The van der Waals surface area contributed by atoms with Gasteiger partial charge in [-0.25, -0.2) is 0 Å². The van der Waals surface area contributed by atoms with Crippen molar-refractivity contribution in [2.24, 2.45) is 11.7 Å². The Kier molecular flexibility index (Phi) is 4.98. The van der Waals surface area contributed by atoms with Gasteiger partial charge >= 0.3 is 0 Å². The van der Waals surface area contributed by atoms with Gasteiger partial charge in [0.05, 0.1) is 5.92 Å². The van der Waals surface area contributed by atoms with E-state index < -0.39 is 0 Å². The Morgan fingerprint density at radius 1 is 1.35 bits per heavy atom. The molecule has 1 fully saturated rings. The first kappa shape index (κ1) is 14.8. The molecule has 3 N–H and O–H groups in total. The quantitative estimate of drug-likeness (QED) is 0.829. The second-order valence-corrected chi connectivity index (χ2v) is 5.44. The topological polar surface area (TPSA) is 69.8 Å². The van der Waals surface area contributed by atoms with E-state index in [4.69, 9.17) is 5.73 Å². The molecule has 5 heteroatoms. The summed E-state index contributed by atoms with van der Waals surface area (Å²) in [6, 6.07) is 7.03. The smallest absolute Gasteiger partial charge is 0.227 e. The highest BCUT2D eigenvalue weighted by Gasteiger charge is 2.25. The molecule has 0 aromatic heterocycles. The molecule has 5 nitrogen and oxygen atoms in total. The molecule has 2 rings (SSSR count). The van der Waals surface area contributed by atoms with Crippen LogP contribution in [0.2, 0.25) is 0 Å². The third-order valence-electron chi connectivity index (χ3n) is 3.84. The Balaban J connectivity index is 1.99. The van der Waals surface area contributed by atoms with Gasteiger partial charge in [0.2, 0.25) is 5.91 Å². The van der Waals surface area contributed by atoms with Crippen LogP contribution in [0.25, 0.3) is 0 Å². The lowest BCUT2D eigenvalue weighted by Gasteiger charge is -2.34. The Bertz CT molecular complexity index is 456. The predicted octanol–water partition coefficient (Wildman–Crippen LogP) is 0.284. The van der Waals surface area contributed by atoms with Crippen molar-refractivity contribution in [3.8, 4) is 5.75 Å². The molecular weight excluding hydrogens is 254 g/mol. The summed E-state index contributed by atoms with van der Waals surface area (Å²) in [6.07, 6.45) is 0.579. The highest BCUT2D eigenvalue weighted by Crippen LogP contribution is 2.16. The first-order valence-corrected chi connectivity index (χ1v) is 7.05. The average molecular weight is 277 g/mol. The molecule has 1 aromatic carbocycles. The third kappa shape index (κ3) is 3.71. The van der Waals surface area contributed by atoms with E-state index in [1.165, 1.54) is 0 Å². The van der Waals surface area contributed by atoms with E-state index in [0.29, 0.717) is 13.0 Å². The maximum absolute atomic E-state index is 12.5. The van der Waals surface area contributed by atoms with E-state index in [2.05, 4.69) is 11.9 Å². The Labute approximate surface area is 120 Å². The fourth-order valence-electron chi connectivity index (χ4n) is 2.52. The van der Waals surface area contributed by atoms with Gasteiger partial charge in [-0.05, 0) is 31.2 Å². The van der Waals surface area contributed by atoms with Crippen molar-refractivity contribution in [3.63, 3.8) is 0 Å². The van der Waals surface area contributed by atoms with Crippen molar-refractivity contribution in [1.29, 1.82) is 0 Å². The van der Waals surface area contributed by atoms with Crippen molar-refractivity contribution in [1.82, 2.24) is 9.80 Å². The number of hydrogen-bond donors (Lipinski definition) is 2. The van der Waals surface area contributed by atoms with Gasteiger partial charge < -0.3 is 20.6 Å². The first-order valence-electron chi connectivity index (χ1n) is 7.05. The van der Waals surface area contributed by atoms with Crippen LogP contribution in [0.1, 0.15) is 5.56 Å². The Morgan fingerprint density at radius 2 is 2.05 bits per heavy atom. The SMILES string of the molecule is CN1CCN(C(=O)C(CN)Cc2cccc(O)c2)CC1. The fraction of sp³-hybridized carbons (Fsp3) is 0.533. The monoisotopic (exact) mass is 277 g/mol. The Morgan fingerprint density at radius 3 is 2.65 bits per heavy atom. The minimum Gasteiger partial charge on any atom is -0.508 e. The largest absolute Gasteiger partial charge is 0.508 e. The van der Waals surface area contributed by atoms with Crippen LogP contribution in [0.4, 0.5) is 0 Å². The fourth-order valence-corrected chi connectivity index (χ4v) is 2.52. The van der Waals surface area contributed by atoms with Crippen molar-refractivity contribution >= 4 is 5.91 Å². The minimum atomic E-state index is -0.208. The summed E-state index contributed by atoms with van der Waals surface area (Å²) in [5.41, 5.74) is 6.72. The van der Waals surface area contributed by atoms with Crippen LogP contribution < -0.4 is 5.73 Å². The van der Waals surface area contributed by atoms with Crippen LogP contribution in [0.5, 0.6) is 5.75 Å². The number of phenols is 1. The highest BCUT2D eigenvalue weighted by molar-refractivity contribution is 5.79. The summed E-state index contributed by atoms with van der Waals surface area (Å²) in [5, 5.41) is 9.48. The van der Waals surface area contributed by atoms with Gasteiger partial charge in [0.15, 0.2) is 0 Å². The summed E-state index contributed by atoms with van der Waals surface area (Å²) >= 11 is 0. The zero-order valence-corrected chi connectivity index (χ0v) is 12.0. The molecule has 0 radical (unpaired) electrons. The highest BCUT2D eigenvalue weighted by atomic mass is 16.3. The molecule has 1 unspecified atom stereocenters. The minimum absolute atomic E-state index is 0.129. The van der Waals surface area contributed by atoms with E-state index in [0.717, 1.165) is 31.7 Å². The van der Waals surface area contributed by atoms with Gasteiger partial charge in [0.25, 0.3) is 0 Å². The predicted molar refractivity (Wildman–Crippen MR) is 78.4 cm³/mol. The molecule has 110 valence electrons. The van der Waals surface area contributed by atoms with Crippen LogP contribution in [0.15, 0.2) is 24.3 Å². The number of aromatic hydroxyl groups is 1. The average Bonchev–Trinajstić information content (AvgIpc) is 2.45. The molecule has 0 aliphatic carbocycles. The van der Waals surface area contributed by atoms with Gasteiger partial charge in [0, 0.05) is 32.7 Å². The van der Waals surface area contributed by atoms with E-state index >= 15 is 0 Å². The molecule has 1 amide bonds. The molecule has 20 heavy (non-hydrogen) atoms. The van der Waals surface area contributed by atoms with Crippen molar-refractivity contribution in [2.75, 3.05) is 39.8 Å². The lowest BCUT2D eigenvalue weighted by molar-refractivity contribution is -0.136. The number of rotatable bonds is 4. The number of hydrogen-bond acceptors (Lipinski definition) is 4. The van der Waals surface area contributed by atoms with Crippen molar-refractivity contribution in [2.45, 2.75) is 6.42 Å². The number of carbonyl (C=O) groups is 1. The second kappa shape index (κ2) is 6.72. The number of nitrogens with two attached hydrogens (primary N) is 1. The van der Waals surface area contributed by atoms with E-state index in [-0.39, 0.29) is 17.6 Å².